The van der Waals surface area contributed by atoms with E-state index in [0.29, 0.717) is 6.42 Å². The molecule has 3 nitrogen and oxygen atoms in total. The van der Waals surface area contributed by atoms with Gasteiger partial charge in [-0.15, -0.1) is 0 Å². The van der Waals surface area contributed by atoms with E-state index in [4.69, 9.17) is 9.47 Å². The molecule has 0 saturated heterocycles. The highest BCUT2D eigenvalue weighted by Crippen LogP contribution is 2.24. The zero-order valence-corrected chi connectivity index (χ0v) is 29.3. The zero-order valence-electron chi connectivity index (χ0n) is 29.3. The fourth-order valence-corrected chi connectivity index (χ4v) is 5.83. The average molecular weight is 642 g/mol. The third-order valence-corrected chi connectivity index (χ3v) is 8.73. The van der Waals surface area contributed by atoms with E-state index in [2.05, 4.69) is 43.4 Å². The minimum absolute atomic E-state index is 0.117. The fourth-order valence-electron chi connectivity index (χ4n) is 5.83. The molecule has 264 valence electrons. The first-order valence-corrected chi connectivity index (χ1v) is 19.1. The van der Waals surface area contributed by atoms with Crippen LogP contribution in [0.25, 0.3) is 0 Å². The van der Waals surface area contributed by atoms with Gasteiger partial charge in [-0.1, -0.05) is 136 Å². The van der Waals surface area contributed by atoms with Gasteiger partial charge in [0, 0.05) is 31.7 Å². The van der Waals surface area contributed by atoms with E-state index in [1.54, 1.807) is 0 Å². The third kappa shape index (κ3) is 28.5. The number of rotatable bonds is 33. The second-order valence-electron chi connectivity index (χ2n) is 13.2. The van der Waals surface area contributed by atoms with Crippen LogP contribution in [0.15, 0.2) is 24.3 Å². The van der Waals surface area contributed by atoms with Crippen LogP contribution in [0.1, 0.15) is 181 Å². The largest absolute Gasteiger partial charge is 0.490 e. The minimum atomic E-state index is -4.02. The second-order valence-corrected chi connectivity index (χ2v) is 13.2. The number of alkyl halides is 3. The summed E-state index contributed by atoms with van der Waals surface area (Å²) in [5, 5.41) is 3.55. The number of nitrogens with one attached hydrogen (secondary N) is 1. The Kier molecular flexibility index (Phi) is 27.7. The lowest BCUT2D eigenvalue weighted by molar-refractivity contribution is -0.135. The Balaban J connectivity index is 2.32. The first-order valence-electron chi connectivity index (χ1n) is 19.1. The molecule has 0 amide bonds. The van der Waals surface area contributed by atoms with Crippen molar-refractivity contribution in [1.29, 1.82) is 0 Å². The van der Waals surface area contributed by atoms with Gasteiger partial charge in [-0.3, -0.25) is 0 Å². The Hall–Kier alpha value is -1.43. The number of hydrogen-bond donors (Lipinski definition) is 1. The van der Waals surface area contributed by atoms with Crippen LogP contribution in [-0.2, 0) is 4.74 Å². The molecule has 45 heavy (non-hydrogen) atoms. The standard InChI is InChI=1S/C39H70F3NO2/c1-3-5-7-9-11-16-20-24-33-43-36-27-29-38(30-28-36)45-37(26-22-18-14-13-15-19-23-32-39(40,41)42)31-35-44-34-25-21-17-12-10-8-6-4-2/h27-30,37,43H,3-26,31-35H2,1-2H3/t37-/m1/s1. The van der Waals surface area contributed by atoms with Crippen LogP contribution in [0.5, 0.6) is 5.75 Å². The SMILES string of the molecule is CCCCCCCCCCNc1ccc(O[C@H](CCCCCCCCCC(F)(F)F)CCOCCCCCCCCCC)cc1. The van der Waals surface area contributed by atoms with Gasteiger partial charge in [0.05, 0.1) is 6.61 Å². The Morgan fingerprint density at radius 2 is 1.04 bits per heavy atom. The molecule has 0 bridgehead atoms. The van der Waals surface area contributed by atoms with Crippen LogP contribution >= 0.6 is 0 Å². The minimum Gasteiger partial charge on any atom is -0.490 e. The van der Waals surface area contributed by atoms with Crippen molar-refractivity contribution >= 4 is 5.69 Å². The number of benzene rings is 1. The molecule has 0 heterocycles. The van der Waals surface area contributed by atoms with Crippen molar-refractivity contribution in [2.75, 3.05) is 25.1 Å². The van der Waals surface area contributed by atoms with E-state index < -0.39 is 12.6 Å². The predicted molar refractivity (Wildman–Crippen MR) is 188 cm³/mol. The first-order chi connectivity index (χ1) is 21.9. The van der Waals surface area contributed by atoms with Crippen LogP contribution in [-0.4, -0.2) is 32.0 Å². The first kappa shape index (κ1) is 41.6. The summed E-state index contributed by atoms with van der Waals surface area (Å²) in [6.45, 7) is 7.08. The van der Waals surface area contributed by atoms with Gasteiger partial charge in [-0.25, -0.2) is 0 Å². The van der Waals surface area contributed by atoms with E-state index in [9.17, 15) is 13.2 Å². The highest BCUT2D eigenvalue weighted by atomic mass is 19.4. The molecule has 1 rings (SSSR count). The summed E-state index contributed by atoms with van der Waals surface area (Å²) >= 11 is 0. The fraction of sp³-hybridized carbons (Fsp3) is 0.846. The lowest BCUT2D eigenvalue weighted by Crippen LogP contribution is -2.19. The average Bonchev–Trinajstić information content (AvgIpc) is 3.02. The van der Waals surface area contributed by atoms with E-state index >= 15 is 0 Å². The number of ether oxygens (including phenoxy) is 2. The van der Waals surface area contributed by atoms with Gasteiger partial charge in [0.1, 0.15) is 11.9 Å². The van der Waals surface area contributed by atoms with Gasteiger partial charge in [-0.2, -0.15) is 13.2 Å². The van der Waals surface area contributed by atoms with Crippen LogP contribution < -0.4 is 10.1 Å². The molecule has 0 radical (unpaired) electrons. The van der Waals surface area contributed by atoms with E-state index in [-0.39, 0.29) is 12.5 Å². The van der Waals surface area contributed by atoms with Gasteiger partial charge in [-0.05, 0) is 56.4 Å². The summed E-state index contributed by atoms with van der Waals surface area (Å²) in [7, 11) is 0. The van der Waals surface area contributed by atoms with E-state index in [1.807, 2.05) is 0 Å². The number of unbranched alkanes of at least 4 members (excludes halogenated alkanes) is 20. The van der Waals surface area contributed by atoms with Gasteiger partial charge < -0.3 is 14.8 Å². The molecule has 0 aliphatic rings. The highest BCUT2D eigenvalue weighted by molar-refractivity contribution is 5.46. The van der Waals surface area contributed by atoms with Gasteiger partial charge in [0.2, 0.25) is 0 Å². The van der Waals surface area contributed by atoms with Crippen LogP contribution in [0.4, 0.5) is 18.9 Å². The summed E-state index contributed by atoms with van der Waals surface area (Å²) in [5.74, 6) is 0.908. The molecule has 0 aliphatic heterocycles. The molecule has 1 aromatic rings. The summed E-state index contributed by atoms with van der Waals surface area (Å²) in [6, 6.07) is 8.39. The Labute approximate surface area is 276 Å². The van der Waals surface area contributed by atoms with Crippen molar-refractivity contribution in [1.82, 2.24) is 0 Å². The van der Waals surface area contributed by atoms with E-state index in [0.717, 1.165) is 82.6 Å². The lowest BCUT2D eigenvalue weighted by Gasteiger charge is -2.20. The van der Waals surface area contributed by atoms with Crippen molar-refractivity contribution in [2.24, 2.45) is 0 Å². The van der Waals surface area contributed by atoms with Crippen LogP contribution in [0, 0.1) is 0 Å². The van der Waals surface area contributed by atoms with Crippen molar-refractivity contribution in [3.63, 3.8) is 0 Å². The summed E-state index contributed by atoms with van der Waals surface area (Å²) < 4.78 is 49.4. The second kappa shape index (κ2) is 29.9. The Bertz CT molecular complexity index is 741. The molecule has 1 aromatic carbocycles. The predicted octanol–water partition coefficient (Wildman–Crippen LogP) is 13.6. The maximum Gasteiger partial charge on any atom is 0.389 e. The number of hydrogen-bond acceptors (Lipinski definition) is 3. The number of anilines is 1. The Morgan fingerprint density at radius 3 is 1.60 bits per heavy atom. The van der Waals surface area contributed by atoms with Crippen molar-refractivity contribution in [3.8, 4) is 5.75 Å². The molecule has 0 saturated carbocycles. The summed E-state index contributed by atoms with van der Waals surface area (Å²) in [5.41, 5.74) is 1.14. The summed E-state index contributed by atoms with van der Waals surface area (Å²) in [6.07, 6.45) is 24.5. The topological polar surface area (TPSA) is 30.5 Å². The normalized spacial score (nSPS) is 12.5. The molecule has 0 fully saturated rings. The molecular weight excluding hydrogens is 571 g/mol. The molecule has 0 aromatic heterocycles. The monoisotopic (exact) mass is 642 g/mol. The quantitative estimate of drug-likeness (QED) is 0.0775. The number of halogens is 3. The zero-order chi connectivity index (χ0) is 32.7. The highest BCUT2D eigenvalue weighted by Gasteiger charge is 2.25. The smallest absolute Gasteiger partial charge is 0.389 e. The summed E-state index contributed by atoms with van der Waals surface area (Å²) in [4.78, 5) is 0. The molecular formula is C39H70F3NO2. The van der Waals surface area contributed by atoms with Crippen molar-refractivity contribution < 1.29 is 22.6 Å². The lowest BCUT2D eigenvalue weighted by atomic mass is 10.0. The maximum absolute atomic E-state index is 12.3. The van der Waals surface area contributed by atoms with Gasteiger partial charge >= 0.3 is 6.18 Å². The van der Waals surface area contributed by atoms with E-state index in [1.165, 1.54) is 96.3 Å². The Morgan fingerprint density at radius 1 is 0.556 bits per heavy atom. The van der Waals surface area contributed by atoms with Crippen LogP contribution in [0.2, 0.25) is 0 Å². The van der Waals surface area contributed by atoms with Crippen molar-refractivity contribution in [3.05, 3.63) is 24.3 Å². The molecule has 0 spiro atoms. The molecule has 6 heteroatoms. The molecule has 1 atom stereocenters. The maximum atomic E-state index is 12.3. The van der Waals surface area contributed by atoms with Gasteiger partial charge in [0.25, 0.3) is 0 Å². The van der Waals surface area contributed by atoms with Crippen molar-refractivity contribution in [2.45, 2.75) is 193 Å². The third-order valence-electron chi connectivity index (χ3n) is 8.73. The molecule has 1 N–H and O–H groups in total. The molecule has 0 unspecified atom stereocenters. The molecule has 0 aliphatic carbocycles. The van der Waals surface area contributed by atoms with Crippen LogP contribution in [0.3, 0.4) is 0 Å². The van der Waals surface area contributed by atoms with Gasteiger partial charge in [0.15, 0.2) is 0 Å².